The largest absolute Gasteiger partial charge is 0.480 e. The molecular formula is C35H32N2O9. The van der Waals surface area contributed by atoms with Gasteiger partial charge in [-0.3, -0.25) is 4.79 Å². The first kappa shape index (κ1) is 32.9. The predicted octanol–water partition coefficient (Wildman–Crippen LogP) is 5.50. The number of carboxylic acids is 1. The molecular weight excluding hydrogens is 592 g/mol. The molecule has 0 unspecified atom stereocenters. The van der Waals surface area contributed by atoms with Crippen molar-refractivity contribution < 1.29 is 43.3 Å². The summed E-state index contributed by atoms with van der Waals surface area (Å²) in [6, 6.07) is 29.5. The van der Waals surface area contributed by atoms with E-state index in [0.717, 1.165) is 16.7 Å². The van der Waals surface area contributed by atoms with Crippen molar-refractivity contribution in [3.8, 4) is 0 Å². The number of amides is 2. The minimum Gasteiger partial charge on any atom is -0.480 e. The van der Waals surface area contributed by atoms with E-state index in [1.165, 1.54) is 18.2 Å². The van der Waals surface area contributed by atoms with Crippen LogP contribution in [0.15, 0.2) is 109 Å². The molecule has 1 atom stereocenters. The number of ether oxygens (including phenoxy) is 3. The zero-order chi connectivity index (χ0) is 32.7. The zero-order valence-corrected chi connectivity index (χ0v) is 24.7. The van der Waals surface area contributed by atoms with Gasteiger partial charge in [0.1, 0.15) is 25.9 Å². The number of rotatable bonds is 14. The summed E-state index contributed by atoms with van der Waals surface area (Å²) >= 11 is 0. The highest BCUT2D eigenvalue weighted by molar-refractivity contribution is 5.99. The van der Waals surface area contributed by atoms with Crippen LogP contribution < -0.4 is 10.6 Å². The summed E-state index contributed by atoms with van der Waals surface area (Å²) in [5, 5.41) is 14.4. The molecule has 0 saturated heterocycles. The lowest BCUT2D eigenvalue weighted by Crippen LogP contribution is -2.41. The molecule has 0 aromatic heterocycles. The number of benzene rings is 4. The Hall–Kier alpha value is -5.97. The second kappa shape index (κ2) is 16.8. The van der Waals surface area contributed by atoms with Gasteiger partial charge in [0.25, 0.3) is 0 Å². The van der Waals surface area contributed by atoms with Crippen molar-refractivity contribution >= 4 is 35.6 Å². The highest BCUT2D eigenvalue weighted by Gasteiger charge is 2.23. The Bertz CT molecular complexity index is 1570. The fourth-order valence-corrected chi connectivity index (χ4v) is 4.21. The maximum absolute atomic E-state index is 12.9. The van der Waals surface area contributed by atoms with Gasteiger partial charge in [-0.05, 0) is 41.3 Å². The van der Waals surface area contributed by atoms with Crippen molar-refractivity contribution in [2.75, 3.05) is 5.32 Å². The maximum Gasteiger partial charge on any atom is 0.408 e. The van der Waals surface area contributed by atoms with Gasteiger partial charge in [0.2, 0.25) is 5.91 Å². The normalized spacial score (nSPS) is 11.0. The number of carbonyl (C=O) groups excluding carboxylic acids is 4. The van der Waals surface area contributed by atoms with Crippen LogP contribution in [0.3, 0.4) is 0 Å². The van der Waals surface area contributed by atoms with Gasteiger partial charge < -0.3 is 30.0 Å². The molecule has 0 aliphatic carbocycles. The molecule has 0 spiro atoms. The number of anilines is 1. The molecule has 0 radical (unpaired) electrons. The number of esters is 2. The molecule has 4 aromatic carbocycles. The highest BCUT2D eigenvalue weighted by Crippen LogP contribution is 2.19. The van der Waals surface area contributed by atoms with Crippen LogP contribution in [0.1, 0.15) is 50.2 Å². The number of nitrogens with one attached hydrogen (secondary N) is 2. The Labute approximate surface area is 265 Å². The van der Waals surface area contributed by atoms with Gasteiger partial charge >= 0.3 is 24.0 Å². The molecule has 0 aliphatic rings. The predicted molar refractivity (Wildman–Crippen MR) is 167 cm³/mol. The number of carboxylic acid groups (broad SMARTS) is 1. The average molecular weight is 625 g/mol. The molecule has 2 amide bonds. The van der Waals surface area contributed by atoms with Crippen LogP contribution in [-0.4, -0.2) is 41.1 Å². The van der Waals surface area contributed by atoms with Gasteiger partial charge in [0, 0.05) is 12.1 Å². The van der Waals surface area contributed by atoms with Crippen molar-refractivity contribution in [2.45, 2.75) is 38.7 Å². The van der Waals surface area contributed by atoms with Gasteiger partial charge in [-0.2, -0.15) is 0 Å². The standard InChI is InChI=1S/C35H32N2O9/c38-31(17-16-30(32(39)40)37-35(43)46-23-26-14-8-3-9-15-26)36-29-19-27(33(41)44-21-24-10-4-1-5-11-24)18-28(20-29)34(42)45-22-25-12-6-2-7-13-25/h1-15,18-20,30H,16-17,21-23H2,(H,36,38)(H,37,43)(H,39,40)/t30-/m0/s1. The van der Waals surface area contributed by atoms with Crippen LogP contribution >= 0.6 is 0 Å². The Morgan fingerprint density at radius 2 is 1.04 bits per heavy atom. The first-order valence-electron chi connectivity index (χ1n) is 14.3. The number of aliphatic carboxylic acids is 1. The lowest BCUT2D eigenvalue weighted by atomic mass is 10.1. The minimum absolute atomic E-state index is 0.00775. The molecule has 236 valence electrons. The second-order valence-corrected chi connectivity index (χ2v) is 10.1. The lowest BCUT2D eigenvalue weighted by molar-refractivity contribution is -0.139. The Kier molecular flexibility index (Phi) is 12.0. The van der Waals surface area contributed by atoms with Gasteiger partial charge in [-0.1, -0.05) is 91.0 Å². The van der Waals surface area contributed by atoms with E-state index in [1.807, 2.05) is 18.2 Å². The fourth-order valence-electron chi connectivity index (χ4n) is 4.21. The Morgan fingerprint density at radius 1 is 0.609 bits per heavy atom. The van der Waals surface area contributed by atoms with Gasteiger partial charge in [0.05, 0.1) is 11.1 Å². The van der Waals surface area contributed by atoms with E-state index >= 15 is 0 Å². The average Bonchev–Trinajstić information content (AvgIpc) is 3.08. The smallest absolute Gasteiger partial charge is 0.408 e. The molecule has 11 heteroatoms. The van der Waals surface area contributed by atoms with E-state index in [2.05, 4.69) is 10.6 Å². The first-order chi connectivity index (χ1) is 22.3. The fraction of sp³-hybridized carbons (Fsp3) is 0.171. The second-order valence-electron chi connectivity index (χ2n) is 10.1. The lowest BCUT2D eigenvalue weighted by Gasteiger charge is -2.15. The minimum atomic E-state index is -1.41. The van der Waals surface area contributed by atoms with Crippen LogP contribution in [0, 0.1) is 0 Å². The summed E-state index contributed by atoms with van der Waals surface area (Å²) in [5.41, 5.74) is 2.31. The van der Waals surface area contributed by atoms with Gasteiger partial charge in [0.15, 0.2) is 0 Å². The molecule has 0 aliphatic heterocycles. The molecule has 11 nitrogen and oxygen atoms in total. The number of alkyl carbamates (subject to hydrolysis) is 1. The van der Waals surface area contributed by atoms with Crippen molar-refractivity contribution in [1.29, 1.82) is 0 Å². The molecule has 4 rings (SSSR count). The van der Waals surface area contributed by atoms with Crippen molar-refractivity contribution in [2.24, 2.45) is 0 Å². The summed E-state index contributed by atoms with van der Waals surface area (Å²) in [5.74, 6) is -3.44. The first-order valence-corrected chi connectivity index (χ1v) is 14.3. The molecule has 0 saturated carbocycles. The van der Waals surface area contributed by atoms with Crippen LogP contribution in [0.4, 0.5) is 10.5 Å². The van der Waals surface area contributed by atoms with E-state index in [9.17, 15) is 29.1 Å². The van der Waals surface area contributed by atoms with Crippen LogP contribution in [0.25, 0.3) is 0 Å². The van der Waals surface area contributed by atoms with E-state index in [4.69, 9.17) is 14.2 Å². The van der Waals surface area contributed by atoms with E-state index in [-0.39, 0.29) is 49.5 Å². The number of hydrogen-bond acceptors (Lipinski definition) is 8. The third-order valence-electron chi connectivity index (χ3n) is 6.58. The molecule has 4 aromatic rings. The number of carbonyl (C=O) groups is 5. The van der Waals surface area contributed by atoms with Gasteiger partial charge in [-0.15, -0.1) is 0 Å². The zero-order valence-electron chi connectivity index (χ0n) is 24.7. The van der Waals surface area contributed by atoms with E-state index in [1.54, 1.807) is 72.8 Å². The summed E-state index contributed by atoms with van der Waals surface area (Å²) in [4.78, 5) is 62.6. The molecule has 0 bridgehead atoms. The third-order valence-corrected chi connectivity index (χ3v) is 6.58. The SMILES string of the molecule is O=C(CC[C@H](NC(=O)OCc1ccccc1)C(=O)O)Nc1cc(C(=O)OCc2ccccc2)cc(C(=O)OCc2ccccc2)c1. The van der Waals surface area contributed by atoms with Crippen LogP contribution in [0.5, 0.6) is 0 Å². The van der Waals surface area contributed by atoms with Crippen molar-refractivity contribution in [1.82, 2.24) is 5.32 Å². The topological polar surface area (TPSA) is 157 Å². The summed E-state index contributed by atoms with van der Waals surface area (Å²) < 4.78 is 15.9. The van der Waals surface area contributed by atoms with Crippen molar-refractivity contribution in [3.63, 3.8) is 0 Å². The molecule has 46 heavy (non-hydrogen) atoms. The van der Waals surface area contributed by atoms with E-state index in [0.29, 0.717) is 0 Å². The quantitative estimate of drug-likeness (QED) is 0.122. The van der Waals surface area contributed by atoms with Gasteiger partial charge in [-0.25, -0.2) is 19.2 Å². The molecule has 0 fully saturated rings. The maximum atomic E-state index is 12.9. The third kappa shape index (κ3) is 10.6. The summed E-state index contributed by atoms with van der Waals surface area (Å²) in [6.45, 7) is -0.0808. The summed E-state index contributed by atoms with van der Waals surface area (Å²) in [7, 11) is 0. The summed E-state index contributed by atoms with van der Waals surface area (Å²) in [6.07, 6.45) is -1.52. The molecule has 3 N–H and O–H groups in total. The Balaban J connectivity index is 1.40. The number of hydrogen-bond donors (Lipinski definition) is 3. The highest BCUT2D eigenvalue weighted by atomic mass is 16.6. The van der Waals surface area contributed by atoms with Crippen molar-refractivity contribution in [3.05, 3.63) is 137 Å². The Morgan fingerprint density at radius 3 is 1.48 bits per heavy atom. The van der Waals surface area contributed by atoms with Crippen LogP contribution in [0.2, 0.25) is 0 Å². The molecule has 0 heterocycles. The van der Waals surface area contributed by atoms with Crippen LogP contribution in [-0.2, 0) is 43.6 Å². The van der Waals surface area contributed by atoms with E-state index < -0.39 is 36.0 Å². The monoisotopic (exact) mass is 624 g/mol.